The number of likely N-dealkylation sites (tertiary alicyclic amines) is 1. The number of carbonyl (C=O) groups is 2. The summed E-state index contributed by atoms with van der Waals surface area (Å²) in [6.45, 7) is 5.27. The van der Waals surface area contributed by atoms with Crippen LogP contribution in [0.1, 0.15) is 26.3 Å². The van der Waals surface area contributed by atoms with Crippen LogP contribution >= 0.6 is 0 Å². The molecular formula is C18H26N2O7S. The van der Waals surface area contributed by atoms with Crippen molar-refractivity contribution in [2.75, 3.05) is 19.4 Å². The summed E-state index contributed by atoms with van der Waals surface area (Å²) < 4.78 is 37.7. The van der Waals surface area contributed by atoms with Gasteiger partial charge in [0.25, 0.3) is 10.1 Å². The number of hydrogen-bond acceptors (Lipinski definition) is 7. The molecule has 1 aliphatic rings. The van der Waals surface area contributed by atoms with E-state index in [1.54, 1.807) is 20.8 Å². The first-order valence-electron chi connectivity index (χ1n) is 8.76. The predicted molar refractivity (Wildman–Crippen MR) is 101 cm³/mol. The van der Waals surface area contributed by atoms with Crippen LogP contribution in [0.2, 0.25) is 0 Å². The number of carbonyl (C=O) groups excluding carboxylic acids is 2. The quantitative estimate of drug-likeness (QED) is 0.710. The number of rotatable bonds is 6. The molecule has 0 bridgehead atoms. The number of nitrogens with one attached hydrogen (secondary N) is 1. The molecule has 0 radical (unpaired) electrons. The topological polar surface area (TPSA) is 111 Å². The Kier molecular flexibility index (Phi) is 6.89. The second-order valence-electron chi connectivity index (χ2n) is 7.53. The van der Waals surface area contributed by atoms with Crippen LogP contribution in [0.15, 0.2) is 30.3 Å². The third-order valence-electron chi connectivity index (χ3n) is 3.82. The molecule has 0 aliphatic carbocycles. The second kappa shape index (κ2) is 8.78. The molecule has 2 atom stereocenters. The highest BCUT2D eigenvalue weighted by Gasteiger charge is 2.45. The van der Waals surface area contributed by atoms with Gasteiger partial charge in [-0.1, -0.05) is 30.3 Å². The predicted octanol–water partition coefficient (Wildman–Crippen LogP) is 2.08. The first-order chi connectivity index (χ1) is 12.9. The Labute approximate surface area is 165 Å². The van der Waals surface area contributed by atoms with E-state index >= 15 is 0 Å². The zero-order valence-electron chi connectivity index (χ0n) is 16.4. The van der Waals surface area contributed by atoms with E-state index in [0.29, 0.717) is 0 Å². The van der Waals surface area contributed by atoms with Crippen LogP contribution in [-0.2, 0) is 30.4 Å². The van der Waals surface area contributed by atoms with Crippen LogP contribution in [0.25, 0.3) is 0 Å². The lowest BCUT2D eigenvalue weighted by Crippen LogP contribution is -2.67. The smallest absolute Gasteiger partial charge is 0.411 e. The van der Waals surface area contributed by atoms with Crippen molar-refractivity contribution in [3.05, 3.63) is 35.9 Å². The molecule has 10 heteroatoms. The Bertz CT molecular complexity index is 790. The molecular weight excluding hydrogens is 388 g/mol. The van der Waals surface area contributed by atoms with Crippen molar-refractivity contribution in [2.45, 2.75) is 39.1 Å². The molecule has 9 nitrogen and oxygen atoms in total. The van der Waals surface area contributed by atoms with E-state index in [-0.39, 0.29) is 19.8 Å². The number of benzene rings is 1. The summed E-state index contributed by atoms with van der Waals surface area (Å²) in [7, 11) is -3.64. The van der Waals surface area contributed by atoms with Crippen LogP contribution in [-0.4, -0.2) is 56.7 Å². The van der Waals surface area contributed by atoms with E-state index < -0.39 is 40.0 Å². The highest BCUT2D eigenvalue weighted by atomic mass is 32.2. The summed E-state index contributed by atoms with van der Waals surface area (Å²) in [6, 6.07) is 9.12. The summed E-state index contributed by atoms with van der Waals surface area (Å²) in [6.07, 6.45) is -1.20. The molecule has 2 rings (SSSR count). The maximum atomic E-state index is 12.3. The van der Waals surface area contributed by atoms with Crippen LogP contribution in [0.4, 0.5) is 9.59 Å². The summed E-state index contributed by atoms with van der Waals surface area (Å²) in [5.41, 5.74) is 0.108. The Morgan fingerprint density at radius 2 is 1.86 bits per heavy atom. The number of alkyl carbamates (subject to hydrolysis) is 1. The monoisotopic (exact) mass is 414 g/mol. The van der Waals surface area contributed by atoms with Gasteiger partial charge in [-0.3, -0.25) is 9.08 Å². The fourth-order valence-electron chi connectivity index (χ4n) is 2.53. The molecule has 2 unspecified atom stereocenters. The summed E-state index contributed by atoms with van der Waals surface area (Å²) in [4.78, 5) is 25.8. The zero-order valence-corrected chi connectivity index (χ0v) is 17.2. The number of ether oxygens (including phenoxy) is 2. The van der Waals surface area contributed by atoms with Crippen molar-refractivity contribution in [2.24, 2.45) is 5.92 Å². The molecule has 1 saturated heterocycles. The SMILES string of the molecule is CC(C)(C)OC(=O)N1CC(COS(C)(=O)=O)C1NC(=O)OCc1ccccc1. The van der Waals surface area contributed by atoms with Gasteiger partial charge in [0, 0.05) is 12.5 Å². The van der Waals surface area contributed by atoms with Crippen LogP contribution in [0.5, 0.6) is 0 Å². The maximum Gasteiger partial charge on any atom is 0.411 e. The van der Waals surface area contributed by atoms with Crippen molar-refractivity contribution in [1.29, 1.82) is 0 Å². The van der Waals surface area contributed by atoms with Crippen molar-refractivity contribution in [1.82, 2.24) is 10.2 Å². The van der Waals surface area contributed by atoms with Gasteiger partial charge in [-0.05, 0) is 26.3 Å². The van der Waals surface area contributed by atoms with E-state index in [2.05, 4.69) is 5.32 Å². The number of hydrogen-bond donors (Lipinski definition) is 1. The van der Waals surface area contributed by atoms with Gasteiger partial charge in [0.1, 0.15) is 18.4 Å². The van der Waals surface area contributed by atoms with Gasteiger partial charge in [-0.25, -0.2) is 9.59 Å². The van der Waals surface area contributed by atoms with Crippen LogP contribution in [0, 0.1) is 5.92 Å². The van der Waals surface area contributed by atoms with E-state index in [1.165, 1.54) is 4.90 Å². The van der Waals surface area contributed by atoms with Gasteiger partial charge in [-0.15, -0.1) is 0 Å². The zero-order chi connectivity index (χ0) is 20.9. The van der Waals surface area contributed by atoms with Crippen molar-refractivity contribution in [3.8, 4) is 0 Å². The van der Waals surface area contributed by atoms with Gasteiger partial charge in [0.05, 0.1) is 12.9 Å². The third kappa shape index (κ3) is 7.01. The van der Waals surface area contributed by atoms with Crippen LogP contribution in [0.3, 0.4) is 0 Å². The summed E-state index contributed by atoms with van der Waals surface area (Å²) >= 11 is 0. The van der Waals surface area contributed by atoms with Gasteiger partial charge in [0.2, 0.25) is 0 Å². The average molecular weight is 414 g/mol. The second-order valence-corrected chi connectivity index (χ2v) is 9.18. The molecule has 0 spiro atoms. The molecule has 1 aromatic rings. The highest BCUT2D eigenvalue weighted by Crippen LogP contribution is 2.26. The Balaban J connectivity index is 1.97. The normalized spacial score (nSPS) is 19.5. The lowest BCUT2D eigenvalue weighted by Gasteiger charge is -2.47. The molecule has 2 amide bonds. The van der Waals surface area contributed by atoms with Gasteiger partial charge >= 0.3 is 12.2 Å². The maximum absolute atomic E-state index is 12.3. The minimum atomic E-state index is -3.64. The Morgan fingerprint density at radius 3 is 2.43 bits per heavy atom. The highest BCUT2D eigenvalue weighted by molar-refractivity contribution is 7.85. The minimum Gasteiger partial charge on any atom is -0.445 e. The molecule has 1 N–H and O–H groups in total. The van der Waals surface area contributed by atoms with Gasteiger partial charge < -0.3 is 14.8 Å². The lowest BCUT2D eigenvalue weighted by atomic mass is 9.96. The fraction of sp³-hybridized carbons (Fsp3) is 0.556. The van der Waals surface area contributed by atoms with E-state index in [9.17, 15) is 18.0 Å². The lowest BCUT2D eigenvalue weighted by molar-refractivity contribution is -0.0492. The molecule has 0 aromatic heterocycles. The van der Waals surface area contributed by atoms with Crippen LogP contribution < -0.4 is 5.32 Å². The fourth-order valence-corrected chi connectivity index (χ4v) is 2.95. The first kappa shape index (κ1) is 22.0. The summed E-state index contributed by atoms with van der Waals surface area (Å²) in [5, 5.41) is 2.58. The Morgan fingerprint density at radius 1 is 1.21 bits per heavy atom. The third-order valence-corrected chi connectivity index (χ3v) is 4.38. The molecule has 1 fully saturated rings. The molecule has 1 aliphatic heterocycles. The van der Waals surface area contributed by atoms with Crippen molar-refractivity contribution < 1.29 is 31.7 Å². The average Bonchev–Trinajstić information content (AvgIpc) is 2.55. The molecule has 0 saturated carbocycles. The molecule has 1 heterocycles. The molecule has 28 heavy (non-hydrogen) atoms. The van der Waals surface area contributed by atoms with Gasteiger partial charge in [-0.2, -0.15) is 8.42 Å². The Hall–Kier alpha value is -2.33. The van der Waals surface area contributed by atoms with E-state index in [0.717, 1.165) is 11.8 Å². The summed E-state index contributed by atoms with van der Waals surface area (Å²) in [5.74, 6) is -0.411. The first-order valence-corrected chi connectivity index (χ1v) is 10.6. The minimum absolute atomic E-state index is 0.0658. The largest absolute Gasteiger partial charge is 0.445 e. The van der Waals surface area contributed by atoms with E-state index in [1.807, 2.05) is 30.3 Å². The molecule has 1 aromatic carbocycles. The number of amides is 2. The number of nitrogens with zero attached hydrogens (tertiary/aromatic N) is 1. The van der Waals surface area contributed by atoms with Gasteiger partial charge in [0.15, 0.2) is 0 Å². The van der Waals surface area contributed by atoms with E-state index in [4.69, 9.17) is 13.7 Å². The van der Waals surface area contributed by atoms with Crippen molar-refractivity contribution >= 4 is 22.3 Å². The van der Waals surface area contributed by atoms with Crippen molar-refractivity contribution in [3.63, 3.8) is 0 Å². The molecule has 156 valence electrons. The standard InChI is InChI=1S/C18H26N2O7S/c1-18(2,3)27-17(22)20-10-14(12-26-28(4,23)24)15(20)19-16(21)25-11-13-8-6-5-7-9-13/h5-9,14-15H,10-12H2,1-4H3,(H,19,21).